The van der Waals surface area contributed by atoms with Crippen LogP contribution >= 0.6 is 0 Å². The molecule has 0 aromatic carbocycles. The fourth-order valence-electron chi connectivity index (χ4n) is 8.51. The Balaban J connectivity index is 1.54. The van der Waals surface area contributed by atoms with E-state index in [-0.39, 0.29) is 5.41 Å². The van der Waals surface area contributed by atoms with E-state index in [1.54, 1.807) is 7.11 Å². The van der Waals surface area contributed by atoms with Crippen molar-refractivity contribution in [3.63, 3.8) is 0 Å². The lowest BCUT2D eigenvalue weighted by atomic mass is 9.46. The molecule has 0 aromatic heterocycles. The summed E-state index contributed by atoms with van der Waals surface area (Å²) in [7, 11) is 1.73. The lowest BCUT2D eigenvalue weighted by Crippen LogP contribution is -2.58. The summed E-state index contributed by atoms with van der Waals surface area (Å²) in [5.74, 6) is 3.74. The quantitative estimate of drug-likeness (QED) is 0.830. The minimum Gasteiger partial charge on any atom is -0.387 e. The standard InChI is InChI=1S/C22H32O3/c1-13-8-14-9-16(23)4-5-17(14)18-6-7-20(2)21(24,12-25-3)10-15-11-22(15,20)19(13)18/h9,13,15,17-19,24H,4-8,10-12H2,1-3H3/t13-,15-,17+,18-,19-,20-,21+,22-/m1/s1. The highest BCUT2D eigenvalue weighted by Gasteiger charge is 2.81. The van der Waals surface area contributed by atoms with E-state index >= 15 is 0 Å². The van der Waals surface area contributed by atoms with Crippen LogP contribution in [0.1, 0.15) is 58.8 Å². The SMILES string of the molecule is COC[C@@]1(O)C[C@@H]2C[C@]23[C@H]2[C@H](CC[C@]13C)[C@H]1CCC(=O)C=C1C[C@H]2C. The van der Waals surface area contributed by atoms with Crippen molar-refractivity contribution in [1.82, 2.24) is 0 Å². The maximum absolute atomic E-state index is 11.9. The number of ether oxygens (including phenoxy) is 1. The third-order valence-corrected chi connectivity index (χ3v) is 9.42. The molecule has 1 spiro atoms. The van der Waals surface area contributed by atoms with E-state index in [1.165, 1.54) is 18.4 Å². The highest BCUT2D eigenvalue weighted by molar-refractivity contribution is 5.91. The molecule has 4 saturated carbocycles. The predicted molar refractivity (Wildman–Crippen MR) is 95.9 cm³/mol. The topological polar surface area (TPSA) is 46.5 Å². The third kappa shape index (κ3) is 1.82. The van der Waals surface area contributed by atoms with E-state index < -0.39 is 5.60 Å². The molecule has 0 heterocycles. The molecule has 5 aliphatic carbocycles. The first-order valence-electron chi connectivity index (χ1n) is 10.3. The summed E-state index contributed by atoms with van der Waals surface area (Å²) in [5.41, 5.74) is 1.14. The summed E-state index contributed by atoms with van der Waals surface area (Å²) in [5, 5.41) is 11.5. The van der Waals surface area contributed by atoms with Crippen molar-refractivity contribution in [3.8, 4) is 0 Å². The molecule has 0 bridgehead atoms. The van der Waals surface area contributed by atoms with Crippen molar-refractivity contribution in [2.75, 3.05) is 13.7 Å². The van der Waals surface area contributed by atoms with Gasteiger partial charge in [0.05, 0.1) is 12.2 Å². The molecule has 0 radical (unpaired) electrons. The van der Waals surface area contributed by atoms with Crippen LogP contribution in [0.25, 0.3) is 0 Å². The van der Waals surface area contributed by atoms with Gasteiger partial charge in [-0.1, -0.05) is 19.4 Å². The molecule has 0 saturated heterocycles. The minimum absolute atomic E-state index is 0.00179. The second-order valence-electron chi connectivity index (χ2n) is 10.2. The average Bonchev–Trinajstić information content (AvgIpc) is 3.20. The van der Waals surface area contributed by atoms with Crippen LogP contribution in [0.2, 0.25) is 0 Å². The molecule has 3 nitrogen and oxygen atoms in total. The average molecular weight is 344 g/mol. The molecule has 1 N–H and O–H groups in total. The molecule has 5 rings (SSSR count). The van der Waals surface area contributed by atoms with Crippen molar-refractivity contribution in [3.05, 3.63) is 11.6 Å². The van der Waals surface area contributed by atoms with Gasteiger partial charge < -0.3 is 9.84 Å². The molecule has 0 aromatic rings. The van der Waals surface area contributed by atoms with E-state index in [2.05, 4.69) is 13.8 Å². The molecule has 0 aliphatic heterocycles. The molecular formula is C22H32O3. The number of aliphatic hydroxyl groups is 1. The summed E-state index contributed by atoms with van der Waals surface area (Å²) in [6, 6.07) is 0. The van der Waals surface area contributed by atoms with Crippen molar-refractivity contribution in [2.24, 2.45) is 40.4 Å². The van der Waals surface area contributed by atoms with Crippen molar-refractivity contribution >= 4 is 5.78 Å². The molecular weight excluding hydrogens is 312 g/mol. The maximum atomic E-state index is 11.9. The van der Waals surface area contributed by atoms with Gasteiger partial charge in [-0.2, -0.15) is 0 Å². The van der Waals surface area contributed by atoms with E-state index in [1.807, 2.05) is 6.08 Å². The number of carbonyl (C=O) groups is 1. The van der Waals surface area contributed by atoms with E-state index in [9.17, 15) is 9.90 Å². The normalized spacial score (nSPS) is 56.4. The second-order valence-corrected chi connectivity index (χ2v) is 10.2. The van der Waals surface area contributed by atoms with Gasteiger partial charge in [-0.3, -0.25) is 4.79 Å². The Morgan fingerprint density at radius 2 is 2.12 bits per heavy atom. The van der Waals surface area contributed by atoms with Gasteiger partial charge >= 0.3 is 0 Å². The zero-order chi connectivity index (χ0) is 17.6. The van der Waals surface area contributed by atoms with Crippen molar-refractivity contribution in [1.29, 1.82) is 0 Å². The number of ketones is 1. The van der Waals surface area contributed by atoms with Crippen LogP contribution in [0.4, 0.5) is 0 Å². The molecule has 8 atom stereocenters. The number of hydrogen-bond donors (Lipinski definition) is 1. The van der Waals surface area contributed by atoms with Crippen molar-refractivity contribution in [2.45, 2.75) is 64.4 Å². The van der Waals surface area contributed by atoms with Gasteiger partial charge in [0, 0.05) is 18.9 Å². The van der Waals surface area contributed by atoms with Crippen LogP contribution in [0.15, 0.2) is 11.6 Å². The molecule has 138 valence electrons. The number of allylic oxidation sites excluding steroid dienone is 1. The Kier molecular flexibility index (Phi) is 3.29. The Hall–Kier alpha value is -0.670. The summed E-state index contributed by atoms with van der Waals surface area (Å²) in [6.07, 6.45) is 9.48. The van der Waals surface area contributed by atoms with Gasteiger partial charge in [-0.05, 0) is 79.6 Å². The smallest absolute Gasteiger partial charge is 0.155 e. The summed E-state index contributed by atoms with van der Waals surface area (Å²) in [6.45, 7) is 5.27. The molecule has 5 aliphatic rings. The number of methoxy groups -OCH3 is 1. The number of carbonyl (C=O) groups excluding carboxylic acids is 1. The maximum Gasteiger partial charge on any atom is 0.155 e. The van der Waals surface area contributed by atoms with Gasteiger partial charge in [0.1, 0.15) is 0 Å². The summed E-state index contributed by atoms with van der Waals surface area (Å²) in [4.78, 5) is 11.9. The van der Waals surface area contributed by atoms with Crippen LogP contribution in [-0.2, 0) is 9.53 Å². The summed E-state index contributed by atoms with van der Waals surface area (Å²) < 4.78 is 5.47. The second kappa shape index (κ2) is 4.98. The van der Waals surface area contributed by atoms with Crippen molar-refractivity contribution < 1.29 is 14.6 Å². The van der Waals surface area contributed by atoms with Crippen LogP contribution < -0.4 is 0 Å². The number of fused-ring (bicyclic) bond motifs is 3. The van der Waals surface area contributed by atoms with Crippen LogP contribution in [-0.4, -0.2) is 30.2 Å². The fourth-order valence-corrected chi connectivity index (χ4v) is 8.51. The first-order chi connectivity index (χ1) is 11.9. The van der Waals surface area contributed by atoms with Gasteiger partial charge in [0.15, 0.2) is 5.78 Å². The van der Waals surface area contributed by atoms with Gasteiger partial charge in [0.25, 0.3) is 0 Å². The largest absolute Gasteiger partial charge is 0.387 e. The minimum atomic E-state index is -0.645. The number of rotatable bonds is 2. The fraction of sp³-hybridized carbons (Fsp3) is 0.864. The molecule has 0 unspecified atom stereocenters. The third-order valence-electron chi connectivity index (χ3n) is 9.42. The molecule has 3 heteroatoms. The number of hydrogen-bond acceptors (Lipinski definition) is 3. The van der Waals surface area contributed by atoms with Gasteiger partial charge in [-0.25, -0.2) is 0 Å². The Morgan fingerprint density at radius 1 is 1.32 bits per heavy atom. The van der Waals surface area contributed by atoms with E-state index in [0.29, 0.717) is 35.6 Å². The van der Waals surface area contributed by atoms with Crippen LogP contribution in [0, 0.1) is 40.4 Å². The van der Waals surface area contributed by atoms with E-state index in [0.717, 1.165) is 43.9 Å². The predicted octanol–water partition coefficient (Wildman–Crippen LogP) is 3.75. The van der Waals surface area contributed by atoms with Crippen LogP contribution in [0.5, 0.6) is 0 Å². The Morgan fingerprint density at radius 3 is 2.88 bits per heavy atom. The van der Waals surface area contributed by atoms with Crippen LogP contribution in [0.3, 0.4) is 0 Å². The lowest BCUT2D eigenvalue weighted by molar-refractivity contribution is -0.173. The highest BCUT2D eigenvalue weighted by Crippen LogP contribution is 2.84. The molecule has 0 amide bonds. The molecule has 25 heavy (non-hydrogen) atoms. The first kappa shape index (κ1) is 16.5. The zero-order valence-electron chi connectivity index (χ0n) is 15.9. The highest BCUT2D eigenvalue weighted by atomic mass is 16.5. The Bertz CT molecular complexity index is 654. The summed E-state index contributed by atoms with van der Waals surface area (Å²) >= 11 is 0. The van der Waals surface area contributed by atoms with E-state index in [4.69, 9.17) is 4.74 Å². The van der Waals surface area contributed by atoms with Gasteiger partial charge in [-0.15, -0.1) is 0 Å². The Labute approximate surface area is 151 Å². The van der Waals surface area contributed by atoms with Gasteiger partial charge in [0.2, 0.25) is 0 Å². The first-order valence-corrected chi connectivity index (χ1v) is 10.3. The molecule has 4 fully saturated rings. The monoisotopic (exact) mass is 344 g/mol. The lowest BCUT2D eigenvalue weighted by Gasteiger charge is -2.59. The zero-order valence-corrected chi connectivity index (χ0v) is 15.9.